The highest BCUT2D eigenvalue weighted by Gasteiger charge is 2.34. The van der Waals surface area contributed by atoms with Gasteiger partial charge in [-0.15, -0.1) is 12.4 Å². The number of rotatable bonds is 4. The van der Waals surface area contributed by atoms with Crippen LogP contribution >= 0.6 is 12.4 Å². The molecule has 2 unspecified atom stereocenters. The second kappa shape index (κ2) is 8.95. The average molecular weight is 373 g/mol. The zero-order chi connectivity index (χ0) is 17.1. The predicted octanol–water partition coefficient (Wildman–Crippen LogP) is 4.18. The Morgan fingerprint density at radius 2 is 1.72 bits per heavy atom. The monoisotopic (exact) mass is 372 g/mol. The fraction of sp³-hybridized carbons (Fsp3) is 0.632. The molecule has 25 heavy (non-hydrogen) atoms. The Balaban J connectivity index is 0.00000225. The predicted molar refractivity (Wildman–Crippen MR) is 96.3 cm³/mol. The van der Waals surface area contributed by atoms with E-state index in [4.69, 9.17) is 5.73 Å². The lowest BCUT2D eigenvalue weighted by Crippen LogP contribution is -2.44. The number of hydrogen-bond donors (Lipinski definition) is 1. The Morgan fingerprint density at radius 3 is 2.32 bits per heavy atom. The van der Waals surface area contributed by atoms with Crippen LogP contribution in [-0.2, 0) is 11.3 Å². The molecule has 3 nitrogen and oxygen atoms in total. The number of amides is 1. The molecule has 2 aliphatic rings. The fourth-order valence-corrected chi connectivity index (χ4v) is 4.14. The first-order valence-electron chi connectivity index (χ1n) is 9.05. The lowest BCUT2D eigenvalue weighted by atomic mass is 9.85. The first-order valence-corrected chi connectivity index (χ1v) is 9.05. The molecular weight excluding hydrogens is 346 g/mol. The second-order valence-electron chi connectivity index (χ2n) is 7.23. The summed E-state index contributed by atoms with van der Waals surface area (Å²) in [4.78, 5) is 14.8. The molecule has 0 heterocycles. The highest BCUT2D eigenvalue weighted by molar-refractivity contribution is 5.85. The van der Waals surface area contributed by atoms with Crippen molar-refractivity contribution in [1.29, 1.82) is 0 Å². The van der Waals surface area contributed by atoms with Crippen molar-refractivity contribution in [3.8, 4) is 0 Å². The highest BCUT2D eigenvalue weighted by Crippen LogP contribution is 2.31. The van der Waals surface area contributed by atoms with Crippen LogP contribution in [-0.4, -0.2) is 22.9 Å². The van der Waals surface area contributed by atoms with Gasteiger partial charge in [-0.1, -0.05) is 25.3 Å². The molecule has 0 saturated heterocycles. The van der Waals surface area contributed by atoms with Crippen LogP contribution < -0.4 is 5.73 Å². The van der Waals surface area contributed by atoms with E-state index in [1.165, 1.54) is 18.2 Å². The Hall–Kier alpha value is -1.20. The maximum atomic E-state index is 14.1. The van der Waals surface area contributed by atoms with Crippen LogP contribution in [0.4, 0.5) is 8.78 Å². The molecular formula is C19H27ClF2N2O. The number of carbonyl (C=O) groups excluding carboxylic acids is 1. The Bertz CT molecular complexity index is 573. The van der Waals surface area contributed by atoms with Crippen LogP contribution in [0.1, 0.15) is 56.9 Å². The molecule has 0 aliphatic heterocycles. The summed E-state index contributed by atoms with van der Waals surface area (Å²) in [6.07, 6.45) is 7.38. The lowest BCUT2D eigenvalue weighted by molar-refractivity contribution is -0.139. The molecule has 2 N–H and O–H groups in total. The topological polar surface area (TPSA) is 46.3 Å². The zero-order valence-electron chi connectivity index (χ0n) is 14.4. The number of carbonyl (C=O) groups is 1. The van der Waals surface area contributed by atoms with E-state index < -0.39 is 11.6 Å². The summed E-state index contributed by atoms with van der Waals surface area (Å²) in [5.41, 5.74) is 6.02. The van der Waals surface area contributed by atoms with Gasteiger partial charge >= 0.3 is 0 Å². The molecule has 0 bridgehead atoms. The van der Waals surface area contributed by atoms with Crippen molar-refractivity contribution in [1.82, 2.24) is 4.90 Å². The third-order valence-corrected chi connectivity index (χ3v) is 5.50. The first-order chi connectivity index (χ1) is 11.6. The van der Waals surface area contributed by atoms with Crippen LogP contribution in [0.3, 0.4) is 0 Å². The van der Waals surface area contributed by atoms with Gasteiger partial charge in [0.15, 0.2) is 0 Å². The summed E-state index contributed by atoms with van der Waals surface area (Å²) in [6, 6.07) is 4.02. The van der Waals surface area contributed by atoms with Crippen LogP contribution in [0.2, 0.25) is 0 Å². The summed E-state index contributed by atoms with van der Waals surface area (Å²) < 4.78 is 28.1. The van der Waals surface area contributed by atoms with Gasteiger partial charge in [0, 0.05) is 23.6 Å². The van der Waals surface area contributed by atoms with E-state index >= 15 is 0 Å². The van der Waals surface area contributed by atoms with Gasteiger partial charge in [0.2, 0.25) is 5.91 Å². The number of hydrogen-bond acceptors (Lipinski definition) is 2. The highest BCUT2D eigenvalue weighted by atomic mass is 35.5. The summed E-state index contributed by atoms with van der Waals surface area (Å²) in [7, 11) is 0. The van der Waals surface area contributed by atoms with Crippen molar-refractivity contribution in [2.24, 2.45) is 11.7 Å². The maximum absolute atomic E-state index is 14.1. The summed E-state index contributed by atoms with van der Waals surface area (Å²) >= 11 is 0. The van der Waals surface area contributed by atoms with E-state index in [1.807, 2.05) is 0 Å². The molecule has 0 spiro atoms. The molecule has 2 fully saturated rings. The van der Waals surface area contributed by atoms with Gasteiger partial charge < -0.3 is 10.6 Å². The van der Waals surface area contributed by atoms with E-state index in [1.54, 1.807) is 4.90 Å². The second-order valence-corrected chi connectivity index (χ2v) is 7.23. The molecule has 0 aromatic heterocycles. The van der Waals surface area contributed by atoms with Gasteiger partial charge in [0.1, 0.15) is 11.6 Å². The van der Waals surface area contributed by atoms with Gasteiger partial charge in [0.25, 0.3) is 0 Å². The molecule has 1 amide bonds. The van der Waals surface area contributed by atoms with Crippen LogP contribution in [0.25, 0.3) is 0 Å². The molecule has 1 aromatic rings. The van der Waals surface area contributed by atoms with Crippen molar-refractivity contribution >= 4 is 18.3 Å². The molecule has 0 radical (unpaired) electrons. The van der Waals surface area contributed by atoms with Crippen LogP contribution in [0.15, 0.2) is 18.2 Å². The van der Waals surface area contributed by atoms with E-state index in [0.717, 1.165) is 44.9 Å². The largest absolute Gasteiger partial charge is 0.335 e. The average Bonchev–Trinajstić information content (AvgIpc) is 3.08. The normalized spacial score (nSPS) is 24.0. The van der Waals surface area contributed by atoms with Crippen LogP contribution in [0.5, 0.6) is 0 Å². The minimum atomic E-state index is -0.578. The standard InChI is InChI=1S/C19H26F2N2O.ClH/c20-17-9-4-10-18(21)16(17)12-23(15-7-1-2-8-15)19(24)13-5-3-6-14(22)11-13;/h4,9-10,13-15H,1-3,5-8,11-12,22H2;1H. The molecule has 2 saturated carbocycles. The molecule has 6 heteroatoms. The quantitative estimate of drug-likeness (QED) is 0.861. The van der Waals surface area contributed by atoms with Crippen molar-refractivity contribution in [3.63, 3.8) is 0 Å². The van der Waals surface area contributed by atoms with Crippen molar-refractivity contribution < 1.29 is 13.6 Å². The molecule has 140 valence electrons. The van der Waals surface area contributed by atoms with E-state index in [2.05, 4.69) is 0 Å². The van der Waals surface area contributed by atoms with Gasteiger partial charge in [-0.2, -0.15) is 0 Å². The SMILES string of the molecule is Cl.NC1CCCC(C(=O)N(Cc2c(F)cccc2F)C2CCCC2)C1. The van der Waals surface area contributed by atoms with Gasteiger partial charge in [-0.05, 0) is 44.2 Å². The van der Waals surface area contributed by atoms with Gasteiger partial charge in [-0.3, -0.25) is 4.79 Å². The minimum absolute atomic E-state index is 0. The van der Waals surface area contributed by atoms with Gasteiger partial charge in [-0.25, -0.2) is 8.78 Å². The lowest BCUT2D eigenvalue weighted by Gasteiger charge is -2.35. The minimum Gasteiger partial charge on any atom is -0.335 e. The number of halogens is 3. The Morgan fingerprint density at radius 1 is 1.08 bits per heavy atom. The van der Waals surface area contributed by atoms with E-state index in [9.17, 15) is 13.6 Å². The number of nitrogens with two attached hydrogens (primary N) is 1. The smallest absolute Gasteiger partial charge is 0.226 e. The summed E-state index contributed by atoms with van der Waals surface area (Å²) in [5.74, 6) is -1.24. The molecule has 1 aromatic carbocycles. The summed E-state index contributed by atoms with van der Waals surface area (Å²) in [6.45, 7) is 0.0216. The van der Waals surface area contributed by atoms with E-state index in [-0.39, 0.29) is 48.4 Å². The molecule has 2 aliphatic carbocycles. The fourth-order valence-electron chi connectivity index (χ4n) is 4.14. The Labute approximate surface area is 154 Å². The van der Waals surface area contributed by atoms with Crippen molar-refractivity contribution in [3.05, 3.63) is 35.4 Å². The Kier molecular flexibility index (Phi) is 7.20. The van der Waals surface area contributed by atoms with Gasteiger partial charge in [0.05, 0.1) is 6.54 Å². The van der Waals surface area contributed by atoms with Crippen molar-refractivity contribution in [2.45, 2.75) is 70.0 Å². The first kappa shape index (κ1) is 20.1. The number of nitrogens with zero attached hydrogens (tertiary/aromatic N) is 1. The van der Waals surface area contributed by atoms with Crippen LogP contribution in [0, 0.1) is 17.6 Å². The third kappa shape index (κ3) is 4.70. The zero-order valence-corrected chi connectivity index (χ0v) is 15.2. The molecule has 2 atom stereocenters. The van der Waals surface area contributed by atoms with E-state index in [0.29, 0.717) is 6.42 Å². The number of benzene rings is 1. The summed E-state index contributed by atoms with van der Waals surface area (Å²) in [5, 5.41) is 0. The van der Waals surface area contributed by atoms with Crippen molar-refractivity contribution in [2.75, 3.05) is 0 Å². The molecule has 3 rings (SSSR count). The maximum Gasteiger partial charge on any atom is 0.226 e. The third-order valence-electron chi connectivity index (χ3n) is 5.50.